The molecule has 3 aromatic rings. The molecule has 3 rings (SSSR count). The first-order chi connectivity index (χ1) is 11.8. The summed E-state index contributed by atoms with van der Waals surface area (Å²) in [6.45, 7) is 0.466. The van der Waals surface area contributed by atoms with E-state index in [0.29, 0.717) is 12.3 Å². The van der Waals surface area contributed by atoms with Gasteiger partial charge in [0, 0.05) is 18.9 Å². The Bertz CT molecular complexity index is 772. The molecular weight excluding hydrogens is 300 g/mol. The number of ether oxygens (including phenoxy) is 1. The average molecular weight is 318 g/mol. The lowest BCUT2D eigenvalue weighted by molar-refractivity contribution is -0.123. The summed E-state index contributed by atoms with van der Waals surface area (Å²) in [5, 5.41) is 2.81. The fourth-order valence-corrected chi connectivity index (χ4v) is 2.28. The summed E-state index contributed by atoms with van der Waals surface area (Å²) < 4.78 is 5.52. The third-order valence-electron chi connectivity index (χ3n) is 3.57. The fraction of sp³-hybridized carbons (Fsp3) is 0.100. The van der Waals surface area contributed by atoms with E-state index in [2.05, 4.69) is 22.4 Å². The number of nitrogens with zero attached hydrogens (tertiary/aromatic N) is 1. The first kappa shape index (κ1) is 15.7. The van der Waals surface area contributed by atoms with E-state index in [9.17, 15) is 4.79 Å². The lowest BCUT2D eigenvalue weighted by Crippen LogP contribution is -2.28. The summed E-state index contributed by atoms with van der Waals surface area (Å²) in [4.78, 5) is 15.8. The van der Waals surface area contributed by atoms with Crippen LogP contribution in [0.2, 0.25) is 0 Å². The van der Waals surface area contributed by atoms with Crippen LogP contribution in [0.5, 0.6) is 5.75 Å². The molecule has 0 fully saturated rings. The van der Waals surface area contributed by atoms with Crippen molar-refractivity contribution in [3.05, 3.63) is 84.7 Å². The van der Waals surface area contributed by atoms with Crippen molar-refractivity contribution in [2.24, 2.45) is 0 Å². The van der Waals surface area contributed by atoms with E-state index in [-0.39, 0.29) is 12.5 Å². The van der Waals surface area contributed by atoms with Crippen LogP contribution in [0.3, 0.4) is 0 Å². The Kier molecular flexibility index (Phi) is 5.20. The maximum Gasteiger partial charge on any atom is 0.258 e. The van der Waals surface area contributed by atoms with Crippen molar-refractivity contribution in [3.8, 4) is 16.9 Å². The molecule has 1 aromatic heterocycles. The second kappa shape index (κ2) is 7.92. The average Bonchev–Trinajstić information content (AvgIpc) is 2.67. The predicted octanol–water partition coefficient (Wildman–Crippen LogP) is 3.44. The van der Waals surface area contributed by atoms with Gasteiger partial charge in [0.15, 0.2) is 6.61 Å². The van der Waals surface area contributed by atoms with Gasteiger partial charge in [-0.3, -0.25) is 9.78 Å². The van der Waals surface area contributed by atoms with Gasteiger partial charge in [0.1, 0.15) is 5.75 Å². The van der Waals surface area contributed by atoms with Crippen LogP contribution in [0.1, 0.15) is 5.56 Å². The van der Waals surface area contributed by atoms with Crippen molar-refractivity contribution in [1.29, 1.82) is 0 Å². The maximum absolute atomic E-state index is 11.8. The molecule has 0 saturated carbocycles. The zero-order valence-electron chi connectivity index (χ0n) is 13.2. The Labute approximate surface area is 141 Å². The lowest BCUT2D eigenvalue weighted by atomic mass is 10.1. The fourth-order valence-electron chi connectivity index (χ4n) is 2.28. The summed E-state index contributed by atoms with van der Waals surface area (Å²) in [7, 11) is 0. The van der Waals surface area contributed by atoms with Crippen LogP contribution in [0.4, 0.5) is 0 Å². The molecule has 1 heterocycles. The van der Waals surface area contributed by atoms with Gasteiger partial charge in [0.05, 0.1) is 0 Å². The molecule has 0 unspecified atom stereocenters. The summed E-state index contributed by atoms with van der Waals surface area (Å²) in [6, 6.07) is 21.6. The van der Waals surface area contributed by atoms with Gasteiger partial charge >= 0.3 is 0 Å². The minimum Gasteiger partial charge on any atom is -0.484 e. The number of amides is 1. The van der Waals surface area contributed by atoms with Gasteiger partial charge in [-0.15, -0.1) is 0 Å². The monoisotopic (exact) mass is 318 g/mol. The van der Waals surface area contributed by atoms with Crippen LogP contribution in [0.25, 0.3) is 11.1 Å². The molecule has 2 aromatic carbocycles. The first-order valence-electron chi connectivity index (χ1n) is 7.75. The molecule has 0 atom stereocenters. The highest BCUT2D eigenvalue weighted by molar-refractivity contribution is 5.77. The molecule has 120 valence electrons. The molecule has 4 heteroatoms. The van der Waals surface area contributed by atoms with Crippen molar-refractivity contribution in [1.82, 2.24) is 10.3 Å². The molecule has 1 amide bonds. The van der Waals surface area contributed by atoms with Gasteiger partial charge in [-0.2, -0.15) is 0 Å². The number of aromatic nitrogens is 1. The van der Waals surface area contributed by atoms with Crippen LogP contribution >= 0.6 is 0 Å². The molecule has 0 saturated heterocycles. The number of hydrogen-bond acceptors (Lipinski definition) is 3. The second-order valence-electron chi connectivity index (χ2n) is 5.31. The van der Waals surface area contributed by atoms with Gasteiger partial charge in [-0.1, -0.05) is 42.5 Å². The lowest BCUT2D eigenvalue weighted by Gasteiger charge is -2.08. The zero-order chi connectivity index (χ0) is 16.6. The molecule has 24 heavy (non-hydrogen) atoms. The minimum absolute atomic E-state index is 0.00420. The normalized spacial score (nSPS) is 10.2. The minimum atomic E-state index is -0.154. The van der Waals surface area contributed by atoms with Crippen molar-refractivity contribution in [2.75, 3.05) is 6.61 Å². The SMILES string of the molecule is O=C(COc1ccc(-c2ccccc2)cc1)NCc1ccncc1. The first-order valence-corrected chi connectivity index (χ1v) is 7.75. The molecule has 0 aliphatic heterocycles. The van der Waals surface area contributed by atoms with Crippen molar-refractivity contribution < 1.29 is 9.53 Å². The molecule has 4 nitrogen and oxygen atoms in total. The van der Waals surface area contributed by atoms with Crippen LogP contribution in [-0.2, 0) is 11.3 Å². The maximum atomic E-state index is 11.8. The van der Waals surface area contributed by atoms with E-state index < -0.39 is 0 Å². The molecule has 0 spiro atoms. The third-order valence-corrected chi connectivity index (χ3v) is 3.57. The molecule has 0 radical (unpaired) electrons. The third kappa shape index (κ3) is 4.43. The van der Waals surface area contributed by atoms with E-state index in [0.717, 1.165) is 16.7 Å². The van der Waals surface area contributed by atoms with Gasteiger partial charge in [0.2, 0.25) is 0 Å². The number of hydrogen-bond donors (Lipinski definition) is 1. The molecular formula is C20H18N2O2. The highest BCUT2D eigenvalue weighted by Crippen LogP contribution is 2.21. The largest absolute Gasteiger partial charge is 0.484 e. The highest BCUT2D eigenvalue weighted by atomic mass is 16.5. The Hall–Kier alpha value is -3.14. The Morgan fingerprint density at radius 2 is 1.54 bits per heavy atom. The molecule has 1 N–H and O–H groups in total. The van der Waals surface area contributed by atoms with E-state index in [1.165, 1.54) is 0 Å². The second-order valence-corrected chi connectivity index (χ2v) is 5.31. The summed E-state index contributed by atoms with van der Waals surface area (Å²) in [5.74, 6) is 0.521. The van der Waals surface area contributed by atoms with Gasteiger partial charge < -0.3 is 10.1 Å². The van der Waals surface area contributed by atoms with Crippen LogP contribution < -0.4 is 10.1 Å². The van der Waals surface area contributed by atoms with E-state index in [1.807, 2.05) is 54.6 Å². The zero-order valence-corrected chi connectivity index (χ0v) is 13.2. The smallest absolute Gasteiger partial charge is 0.258 e. The standard InChI is InChI=1S/C20H18N2O2/c23-20(22-14-16-10-12-21-13-11-16)15-24-19-8-6-18(7-9-19)17-4-2-1-3-5-17/h1-13H,14-15H2,(H,22,23). The number of carbonyl (C=O) groups is 1. The van der Waals surface area contributed by atoms with Crippen molar-refractivity contribution >= 4 is 5.91 Å². The van der Waals surface area contributed by atoms with Crippen LogP contribution in [0, 0.1) is 0 Å². The summed E-state index contributed by atoms with van der Waals surface area (Å²) >= 11 is 0. The topological polar surface area (TPSA) is 51.2 Å². The number of benzene rings is 2. The summed E-state index contributed by atoms with van der Waals surface area (Å²) in [5.41, 5.74) is 3.27. The predicted molar refractivity (Wildman–Crippen MR) is 93.5 cm³/mol. The quantitative estimate of drug-likeness (QED) is 0.757. The number of carbonyl (C=O) groups excluding carboxylic acids is 1. The van der Waals surface area contributed by atoms with Gasteiger partial charge in [-0.25, -0.2) is 0 Å². The van der Waals surface area contributed by atoms with Crippen LogP contribution in [-0.4, -0.2) is 17.5 Å². The molecule has 0 bridgehead atoms. The van der Waals surface area contributed by atoms with Gasteiger partial charge in [-0.05, 0) is 41.0 Å². The number of nitrogens with one attached hydrogen (secondary N) is 1. The Morgan fingerprint density at radius 1 is 0.875 bits per heavy atom. The van der Waals surface area contributed by atoms with Crippen molar-refractivity contribution in [2.45, 2.75) is 6.54 Å². The van der Waals surface area contributed by atoms with Crippen molar-refractivity contribution in [3.63, 3.8) is 0 Å². The summed E-state index contributed by atoms with van der Waals surface area (Å²) in [6.07, 6.45) is 3.40. The molecule has 0 aliphatic carbocycles. The van der Waals surface area contributed by atoms with E-state index >= 15 is 0 Å². The number of pyridine rings is 1. The van der Waals surface area contributed by atoms with Gasteiger partial charge in [0.25, 0.3) is 5.91 Å². The Morgan fingerprint density at radius 3 is 2.25 bits per heavy atom. The van der Waals surface area contributed by atoms with Crippen LogP contribution in [0.15, 0.2) is 79.1 Å². The van der Waals surface area contributed by atoms with E-state index in [4.69, 9.17) is 4.74 Å². The Balaban J connectivity index is 1.49. The van der Waals surface area contributed by atoms with E-state index in [1.54, 1.807) is 12.4 Å². The highest BCUT2D eigenvalue weighted by Gasteiger charge is 2.03. The molecule has 0 aliphatic rings. The number of rotatable bonds is 6.